The maximum Gasteiger partial charge on any atom is 0.308 e. The van der Waals surface area contributed by atoms with Gasteiger partial charge in [0, 0.05) is 25.6 Å². The number of carbonyl (C=O) groups is 3. The first kappa shape index (κ1) is 30.7. The number of aryl methyl sites for hydroxylation is 1. The standard InChI is InChI=1S/C31H39N3O8/c1-17(30(37)34-13-11-19(12-14-34)31(38)42-6)32-24-10-8-21-22(16-25(24)36)23(33-18(2)35)9-7-20-15-26(39-3)28(40-4)29(41-5)27(20)21/h8,10,15-17,19,23H,7,9,11-14H2,1-6H3,(H,32,36)(H,33,35). The number of amides is 2. The zero-order chi connectivity index (χ0) is 30.6. The zero-order valence-electron chi connectivity index (χ0n) is 25.0. The molecule has 42 heavy (non-hydrogen) atoms. The molecule has 2 unspecified atom stereocenters. The van der Waals surface area contributed by atoms with E-state index in [4.69, 9.17) is 18.9 Å². The number of nitrogens with one attached hydrogen (secondary N) is 2. The van der Waals surface area contributed by atoms with Gasteiger partial charge in [-0.2, -0.15) is 0 Å². The van der Waals surface area contributed by atoms with E-state index >= 15 is 0 Å². The minimum atomic E-state index is -0.688. The van der Waals surface area contributed by atoms with Crippen LogP contribution in [0.3, 0.4) is 0 Å². The summed E-state index contributed by atoms with van der Waals surface area (Å²) in [6.45, 7) is 4.03. The largest absolute Gasteiger partial charge is 0.493 e. The number of nitrogens with zero attached hydrogens (tertiary/aromatic N) is 1. The van der Waals surface area contributed by atoms with Crippen LogP contribution in [0.4, 0.5) is 5.69 Å². The molecule has 0 spiro atoms. The Balaban J connectivity index is 1.73. The summed E-state index contributed by atoms with van der Waals surface area (Å²) in [7, 11) is 6.00. The molecule has 4 rings (SSSR count). The van der Waals surface area contributed by atoms with Crippen LogP contribution < -0.4 is 30.3 Å². The Morgan fingerprint density at radius 3 is 2.24 bits per heavy atom. The summed E-state index contributed by atoms with van der Waals surface area (Å²) in [6.07, 6.45) is 2.20. The van der Waals surface area contributed by atoms with Crippen molar-refractivity contribution in [1.82, 2.24) is 10.2 Å². The van der Waals surface area contributed by atoms with E-state index in [2.05, 4.69) is 10.6 Å². The summed E-state index contributed by atoms with van der Waals surface area (Å²) < 4.78 is 21.9. The fourth-order valence-corrected chi connectivity index (χ4v) is 5.90. The number of hydrogen-bond acceptors (Lipinski definition) is 9. The third kappa shape index (κ3) is 6.14. The van der Waals surface area contributed by atoms with Crippen molar-refractivity contribution in [3.8, 4) is 28.4 Å². The molecule has 1 fully saturated rings. The summed E-state index contributed by atoms with van der Waals surface area (Å²) in [5.41, 5.74) is 2.93. The van der Waals surface area contributed by atoms with E-state index in [0.717, 1.165) is 11.1 Å². The van der Waals surface area contributed by atoms with Crippen LogP contribution in [0.2, 0.25) is 0 Å². The molecule has 2 amide bonds. The van der Waals surface area contributed by atoms with E-state index in [-0.39, 0.29) is 34.8 Å². The molecule has 11 heteroatoms. The first-order valence-electron chi connectivity index (χ1n) is 14.0. The monoisotopic (exact) mass is 581 g/mol. The molecular weight excluding hydrogens is 542 g/mol. The average molecular weight is 582 g/mol. The molecule has 2 aromatic rings. The summed E-state index contributed by atoms with van der Waals surface area (Å²) >= 11 is 0. The first-order valence-corrected chi connectivity index (χ1v) is 14.0. The Labute approximate surface area is 245 Å². The highest BCUT2D eigenvalue weighted by Gasteiger charge is 2.31. The normalized spacial score (nSPS) is 17.1. The fraction of sp³-hybridized carbons (Fsp3) is 0.484. The summed E-state index contributed by atoms with van der Waals surface area (Å²) in [5.74, 6) is 0.551. The van der Waals surface area contributed by atoms with Gasteiger partial charge in [-0.1, -0.05) is 6.07 Å². The highest BCUT2D eigenvalue weighted by molar-refractivity contribution is 5.86. The second-order valence-corrected chi connectivity index (χ2v) is 10.6. The minimum absolute atomic E-state index is 0.161. The molecule has 0 radical (unpaired) electrons. The predicted octanol–water partition coefficient (Wildman–Crippen LogP) is 3.08. The van der Waals surface area contributed by atoms with Crippen molar-refractivity contribution in [3.63, 3.8) is 0 Å². The van der Waals surface area contributed by atoms with Gasteiger partial charge < -0.3 is 34.5 Å². The summed E-state index contributed by atoms with van der Waals surface area (Å²) in [6, 6.07) is 5.76. The zero-order valence-corrected chi connectivity index (χ0v) is 25.0. The Kier molecular flexibility index (Phi) is 9.59. The van der Waals surface area contributed by atoms with Crippen LogP contribution in [0.1, 0.15) is 50.3 Å². The minimum Gasteiger partial charge on any atom is -0.493 e. The Hall–Kier alpha value is -4.28. The van der Waals surface area contributed by atoms with Crippen LogP contribution >= 0.6 is 0 Å². The molecule has 11 nitrogen and oxygen atoms in total. The van der Waals surface area contributed by atoms with Gasteiger partial charge in [0.2, 0.25) is 23.0 Å². The van der Waals surface area contributed by atoms with Gasteiger partial charge in [0.05, 0.1) is 46.1 Å². The van der Waals surface area contributed by atoms with Gasteiger partial charge in [-0.15, -0.1) is 0 Å². The van der Waals surface area contributed by atoms with Crippen LogP contribution in [-0.4, -0.2) is 70.3 Å². The van der Waals surface area contributed by atoms with Gasteiger partial charge >= 0.3 is 5.97 Å². The molecule has 226 valence electrons. The van der Waals surface area contributed by atoms with Gasteiger partial charge in [0.1, 0.15) is 6.04 Å². The average Bonchev–Trinajstić information content (AvgIpc) is 3.23. The molecule has 2 aliphatic rings. The first-order chi connectivity index (χ1) is 20.1. The van der Waals surface area contributed by atoms with Crippen LogP contribution in [0, 0.1) is 5.92 Å². The van der Waals surface area contributed by atoms with E-state index in [1.165, 1.54) is 27.2 Å². The molecule has 1 aliphatic heterocycles. The number of piperidine rings is 1. The van der Waals surface area contributed by atoms with Crippen LogP contribution in [0.25, 0.3) is 11.1 Å². The van der Waals surface area contributed by atoms with Gasteiger partial charge in [-0.05, 0) is 67.5 Å². The molecule has 0 bridgehead atoms. The molecule has 1 heterocycles. The second-order valence-electron chi connectivity index (χ2n) is 10.6. The number of rotatable bonds is 8. The highest BCUT2D eigenvalue weighted by atomic mass is 16.5. The maximum atomic E-state index is 13.6. The number of esters is 1. The van der Waals surface area contributed by atoms with Gasteiger partial charge in [-0.25, -0.2) is 0 Å². The van der Waals surface area contributed by atoms with Crippen molar-refractivity contribution in [2.24, 2.45) is 5.92 Å². The third-order valence-electron chi connectivity index (χ3n) is 8.00. The van der Waals surface area contributed by atoms with Gasteiger partial charge in [0.15, 0.2) is 11.5 Å². The molecule has 1 aliphatic carbocycles. The Morgan fingerprint density at radius 1 is 0.952 bits per heavy atom. The van der Waals surface area contributed by atoms with E-state index in [1.807, 2.05) is 12.1 Å². The highest BCUT2D eigenvalue weighted by Crippen LogP contribution is 2.50. The van der Waals surface area contributed by atoms with Crippen molar-refractivity contribution in [2.45, 2.75) is 51.6 Å². The number of hydrogen-bond donors (Lipinski definition) is 2. The maximum absolute atomic E-state index is 13.6. The number of methoxy groups -OCH3 is 4. The molecule has 0 saturated carbocycles. The molecule has 2 N–H and O–H groups in total. The SMILES string of the molecule is COC(=O)C1CCN(C(=O)C(C)Nc2ccc3c(cc2=O)C(NC(C)=O)CCc2cc(OC)c(OC)c(OC)c2-3)CC1. The second kappa shape index (κ2) is 13.1. The van der Waals surface area contributed by atoms with E-state index in [0.29, 0.717) is 67.1 Å². The van der Waals surface area contributed by atoms with Crippen LogP contribution in [0.5, 0.6) is 17.2 Å². The number of ether oxygens (including phenoxy) is 4. The fourth-order valence-electron chi connectivity index (χ4n) is 5.90. The summed E-state index contributed by atoms with van der Waals surface area (Å²) in [4.78, 5) is 52.6. The lowest BCUT2D eigenvalue weighted by Crippen LogP contribution is -2.46. The number of benzene rings is 1. The van der Waals surface area contributed by atoms with Gasteiger partial charge in [-0.3, -0.25) is 19.2 Å². The quantitative estimate of drug-likeness (QED) is 0.452. The molecular formula is C31H39N3O8. The topological polar surface area (TPSA) is 132 Å². The van der Waals surface area contributed by atoms with Crippen LogP contribution in [-0.2, 0) is 25.5 Å². The van der Waals surface area contributed by atoms with E-state index in [1.54, 1.807) is 32.1 Å². The molecule has 0 aromatic heterocycles. The lowest BCUT2D eigenvalue weighted by Gasteiger charge is -2.32. The van der Waals surface area contributed by atoms with E-state index < -0.39 is 12.1 Å². The lowest BCUT2D eigenvalue weighted by atomic mass is 9.95. The predicted molar refractivity (Wildman–Crippen MR) is 157 cm³/mol. The number of likely N-dealkylation sites (tertiary alicyclic amines) is 1. The third-order valence-corrected chi connectivity index (χ3v) is 8.00. The van der Waals surface area contributed by atoms with E-state index in [9.17, 15) is 19.2 Å². The Morgan fingerprint density at radius 2 is 1.64 bits per heavy atom. The molecule has 2 atom stereocenters. The van der Waals surface area contributed by atoms with Crippen molar-refractivity contribution < 1.29 is 33.3 Å². The summed E-state index contributed by atoms with van der Waals surface area (Å²) in [5, 5.41) is 6.09. The van der Waals surface area contributed by atoms with Crippen molar-refractivity contribution in [3.05, 3.63) is 45.6 Å². The van der Waals surface area contributed by atoms with Crippen molar-refractivity contribution in [1.29, 1.82) is 0 Å². The van der Waals surface area contributed by atoms with Crippen molar-refractivity contribution >= 4 is 23.5 Å². The van der Waals surface area contributed by atoms with Gasteiger partial charge in [0.25, 0.3) is 0 Å². The van der Waals surface area contributed by atoms with Crippen molar-refractivity contribution in [2.75, 3.05) is 46.8 Å². The Bertz CT molecular complexity index is 1420. The number of carbonyl (C=O) groups excluding carboxylic acids is 3. The smallest absolute Gasteiger partial charge is 0.308 e. The molecule has 1 saturated heterocycles. The van der Waals surface area contributed by atoms with Crippen LogP contribution in [0.15, 0.2) is 29.1 Å². The number of fused-ring (bicyclic) bond motifs is 3. The lowest BCUT2D eigenvalue weighted by molar-refractivity contribution is -0.149. The molecule has 2 aromatic carbocycles. The number of anilines is 1.